The maximum absolute atomic E-state index is 12.3. The molecule has 33 heavy (non-hydrogen) atoms. The van der Waals surface area contributed by atoms with Crippen LogP contribution in [-0.4, -0.2) is 34.5 Å². The third-order valence-electron chi connectivity index (χ3n) is 6.47. The van der Waals surface area contributed by atoms with Crippen molar-refractivity contribution in [3.05, 3.63) is 69.9 Å². The lowest BCUT2D eigenvalue weighted by Gasteiger charge is -2.22. The molecule has 1 aromatic heterocycles. The zero-order chi connectivity index (χ0) is 23.5. The number of carboxylic acids is 1. The number of likely N-dealkylation sites (tertiary alicyclic amines) is 1. The van der Waals surface area contributed by atoms with Crippen LogP contribution in [0.2, 0.25) is 0 Å². The number of carboxylic acid groups (broad SMARTS) is 1. The van der Waals surface area contributed by atoms with Crippen LogP contribution in [0.15, 0.2) is 54.6 Å². The van der Waals surface area contributed by atoms with Crippen molar-refractivity contribution in [2.45, 2.75) is 77.2 Å². The van der Waals surface area contributed by atoms with Gasteiger partial charge in [0.15, 0.2) is 0 Å². The van der Waals surface area contributed by atoms with Crippen LogP contribution in [0.4, 0.5) is 0 Å². The van der Waals surface area contributed by atoms with Gasteiger partial charge in [-0.05, 0) is 62.1 Å². The second-order valence-electron chi connectivity index (χ2n) is 9.22. The van der Waals surface area contributed by atoms with Gasteiger partial charge in [0.1, 0.15) is 4.88 Å². The summed E-state index contributed by atoms with van der Waals surface area (Å²) in [6, 6.07) is 14.5. The Balaban J connectivity index is 1.32. The molecule has 2 heterocycles. The minimum atomic E-state index is -0.868. The first kappa shape index (κ1) is 25.2. The third kappa shape index (κ3) is 8.47. The maximum Gasteiger partial charge on any atom is 0.345 e. The Morgan fingerprint density at radius 3 is 2.70 bits per heavy atom. The van der Waals surface area contributed by atoms with E-state index in [1.165, 1.54) is 49.0 Å². The van der Waals surface area contributed by atoms with Crippen molar-refractivity contribution in [3.63, 3.8) is 0 Å². The lowest BCUT2D eigenvalue weighted by molar-refractivity contribution is -0.128. The summed E-state index contributed by atoms with van der Waals surface area (Å²) >= 11 is 1.33. The Morgan fingerprint density at radius 2 is 1.94 bits per heavy atom. The van der Waals surface area contributed by atoms with Crippen molar-refractivity contribution in [1.82, 2.24) is 4.90 Å². The molecule has 1 aromatic carbocycles. The fourth-order valence-electron chi connectivity index (χ4n) is 4.53. The van der Waals surface area contributed by atoms with E-state index in [4.69, 9.17) is 5.11 Å². The summed E-state index contributed by atoms with van der Waals surface area (Å²) in [4.78, 5) is 26.8. The predicted molar refractivity (Wildman–Crippen MR) is 136 cm³/mol. The highest BCUT2D eigenvalue weighted by Crippen LogP contribution is 2.23. The van der Waals surface area contributed by atoms with Crippen LogP contribution in [0.1, 0.15) is 78.4 Å². The molecule has 178 valence electrons. The second kappa shape index (κ2) is 13.3. The Kier molecular flexibility index (Phi) is 10.2. The fourth-order valence-corrected chi connectivity index (χ4v) is 5.41. The fraction of sp³-hybridized carbons (Fsp3) is 0.500. The van der Waals surface area contributed by atoms with Gasteiger partial charge in [0.2, 0.25) is 5.91 Å². The summed E-state index contributed by atoms with van der Waals surface area (Å²) in [5, 5.41) is 9.05. The van der Waals surface area contributed by atoms with Crippen LogP contribution in [0.3, 0.4) is 0 Å². The first-order chi connectivity index (χ1) is 16.0. The Bertz CT molecular complexity index is 905. The largest absolute Gasteiger partial charge is 0.477 e. The van der Waals surface area contributed by atoms with Gasteiger partial charge in [-0.3, -0.25) is 4.79 Å². The number of amides is 1. The number of carbonyl (C=O) groups excluding carboxylic acids is 1. The standard InChI is InChI=1S/C28H37NO3S/c1-22(10-4-2-5-12-23-13-6-3-7-14-23)11-8-15-24-17-20-27(30)29(24)21-9-16-25-18-19-26(33-25)28(31)32/h3,6-8,13-15,18-19,22,24H,2,4-5,9-12,16-17,20-21H2,1H3,(H,31,32)/b15-8+. The summed E-state index contributed by atoms with van der Waals surface area (Å²) in [5.41, 5.74) is 1.43. The number of benzene rings is 1. The number of hydrogen-bond acceptors (Lipinski definition) is 3. The number of carbonyl (C=O) groups is 2. The number of aromatic carboxylic acids is 1. The Hall–Kier alpha value is -2.40. The molecule has 1 amide bonds. The number of allylic oxidation sites excluding steroid dienone is 1. The third-order valence-corrected chi connectivity index (χ3v) is 7.60. The van der Waals surface area contributed by atoms with E-state index >= 15 is 0 Å². The molecule has 0 spiro atoms. The predicted octanol–water partition coefficient (Wildman–Crippen LogP) is 6.76. The first-order valence-electron chi connectivity index (χ1n) is 12.3. The lowest BCUT2D eigenvalue weighted by atomic mass is 9.98. The van der Waals surface area contributed by atoms with E-state index in [9.17, 15) is 9.59 Å². The molecular formula is C28H37NO3S. The highest BCUT2D eigenvalue weighted by molar-refractivity contribution is 7.13. The number of unbranched alkanes of at least 4 members (excludes halogenated alkanes) is 2. The zero-order valence-corrected chi connectivity index (χ0v) is 20.6. The number of rotatable bonds is 14. The van der Waals surface area contributed by atoms with E-state index in [1.807, 2.05) is 11.0 Å². The van der Waals surface area contributed by atoms with Crippen molar-refractivity contribution in [2.75, 3.05) is 6.54 Å². The van der Waals surface area contributed by atoms with Crippen LogP contribution in [0, 0.1) is 5.92 Å². The topological polar surface area (TPSA) is 57.6 Å². The van der Waals surface area contributed by atoms with Crippen molar-refractivity contribution in [3.8, 4) is 0 Å². The van der Waals surface area contributed by atoms with E-state index in [0.29, 0.717) is 17.2 Å². The van der Waals surface area contributed by atoms with Gasteiger partial charge in [0, 0.05) is 17.8 Å². The van der Waals surface area contributed by atoms with Gasteiger partial charge in [-0.1, -0.05) is 68.7 Å². The SMILES string of the molecule is CC(C/C=C/C1CCC(=O)N1CCCc1ccc(C(=O)O)s1)CCCCCc1ccccc1. The van der Waals surface area contributed by atoms with Crippen LogP contribution >= 0.6 is 11.3 Å². The van der Waals surface area contributed by atoms with Gasteiger partial charge in [-0.2, -0.15) is 0 Å². The normalized spacial score (nSPS) is 17.2. The van der Waals surface area contributed by atoms with E-state index in [2.05, 4.69) is 49.4 Å². The van der Waals surface area contributed by atoms with Crippen LogP contribution in [-0.2, 0) is 17.6 Å². The molecule has 1 saturated heterocycles. The molecule has 5 heteroatoms. The van der Waals surface area contributed by atoms with Crippen LogP contribution < -0.4 is 0 Å². The molecule has 2 unspecified atom stereocenters. The molecule has 0 radical (unpaired) electrons. The first-order valence-corrected chi connectivity index (χ1v) is 13.2. The van der Waals surface area contributed by atoms with E-state index in [1.54, 1.807) is 6.07 Å². The number of nitrogens with zero attached hydrogens (tertiary/aromatic N) is 1. The maximum atomic E-state index is 12.3. The van der Waals surface area contributed by atoms with Gasteiger partial charge >= 0.3 is 5.97 Å². The van der Waals surface area contributed by atoms with Gasteiger partial charge in [0.05, 0.1) is 6.04 Å². The summed E-state index contributed by atoms with van der Waals surface area (Å²) in [6.45, 7) is 3.07. The van der Waals surface area contributed by atoms with Gasteiger partial charge in [-0.15, -0.1) is 11.3 Å². The van der Waals surface area contributed by atoms with Crippen LogP contribution in [0.25, 0.3) is 0 Å². The molecule has 2 atom stereocenters. The molecule has 1 N–H and O–H groups in total. The highest BCUT2D eigenvalue weighted by atomic mass is 32.1. The van der Waals surface area contributed by atoms with Crippen molar-refractivity contribution >= 4 is 23.2 Å². The van der Waals surface area contributed by atoms with Crippen molar-refractivity contribution in [2.24, 2.45) is 5.92 Å². The number of hydrogen-bond donors (Lipinski definition) is 1. The number of aryl methyl sites for hydroxylation is 2. The molecule has 0 bridgehead atoms. The molecule has 1 aliphatic rings. The molecule has 0 saturated carbocycles. The summed E-state index contributed by atoms with van der Waals surface area (Å²) in [5.74, 6) is 0.0480. The minimum Gasteiger partial charge on any atom is -0.477 e. The molecule has 4 nitrogen and oxygen atoms in total. The van der Waals surface area contributed by atoms with Gasteiger partial charge in [-0.25, -0.2) is 4.79 Å². The average molecular weight is 468 g/mol. The smallest absolute Gasteiger partial charge is 0.345 e. The van der Waals surface area contributed by atoms with E-state index < -0.39 is 5.97 Å². The monoisotopic (exact) mass is 467 g/mol. The zero-order valence-electron chi connectivity index (χ0n) is 19.7. The summed E-state index contributed by atoms with van der Waals surface area (Å²) < 4.78 is 0. The minimum absolute atomic E-state index is 0.216. The van der Waals surface area contributed by atoms with E-state index in [-0.39, 0.29) is 11.9 Å². The van der Waals surface area contributed by atoms with Crippen LogP contribution in [0.5, 0.6) is 0 Å². The summed E-state index contributed by atoms with van der Waals surface area (Å²) in [6.07, 6.45) is 15.1. The van der Waals surface area contributed by atoms with Gasteiger partial charge in [0.25, 0.3) is 0 Å². The quantitative estimate of drug-likeness (QED) is 0.247. The molecule has 1 aliphatic heterocycles. The van der Waals surface area contributed by atoms with Crippen molar-refractivity contribution < 1.29 is 14.7 Å². The molecule has 3 rings (SSSR count). The Labute approximate surface area is 202 Å². The molecule has 2 aromatic rings. The second-order valence-corrected chi connectivity index (χ2v) is 10.4. The van der Waals surface area contributed by atoms with Crippen molar-refractivity contribution in [1.29, 1.82) is 0 Å². The average Bonchev–Trinajstić information content (AvgIpc) is 3.42. The molecule has 0 aliphatic carbocycles. The summed E-state index contributed by atoms with van der Waals surface area (Å²) in [7, 11) is 0. The Morgan fingerprint density at radius 1 is 1.12 bits per heavy atom. The van der Waals surface area contributed by atoms with Gasteiger partial charge < -0.3 is 10.0 Å². The van der Waals surface area contributed by atoms with E-state index in [0.717, 1.165) is 37.1 Å². The number of thiophene rings is 1. The lowest BCUT2D eigenvalue weighted by Crippen LogP contribution is -2.32. The highest BCUT2D eigenvalue weighted by Gasteiger charge is 2.28. The molecule has 1 fully saturated rings. The molecular weight excluding hydrogens is 430 g/mol.